The average Bonchev–Trinajstić information content (AvgIpc) is 2.74. The molecule has 1 fully saturated rings. The van der Waals surface area contributed by atoms with E-state index in [4.69, 9.17) is 4.74 Å². The average molecular weight is 368 g/mol. The molecule has 2 amide bonds. The van der Waals surface area contributed by atoms with Gasteiger partial charge in [-0.05, 0) is 11.1 Å². The van der Waals surface area contributed by atoms with E-state index in [0.717, 1.165) is 11.1 Å². The Morgan fingerprint density at radius 3 is 1.96 bits per heavy atom. The number of hydrogen-bond acceptors (Lipinski definition) is 4. The molecule has 1 atom stereocenters. The second kappa shape index (κ2) is 9.30. The van der Waals surface area contributed by atoms with Crippen LogP contribution >= 0.6 is 0 Å². The molecule has 2 aromatic carbocycles. The molecule has 27 heavy (non-hydrogen) atoms. The molecule has 142 valence electrons. The van der Waals surface area contributed by atoms with Crippen LogP contribution < -0.4 is 5.32 Å². The number of aliphatic hydroxyl groups excluding tert-OH is 1. The lowest BCUT2D eigenvalue weighted by Gasteiger charge is -2.30. The van der Waals surface area contributed by atoms with E-state index in [2.05, 4.69) is 5.32 Å². The quantitative estimate of drug-likeness (QED) is 0.802. The Morgan fingerprint density at radius 2 is 1.48 bits per heavy atom. The van der Waals surface area contributed by atoms with Crippen LogP contribution in [0.4, 0.5) is 0 Å². The van der Waals surface area contributed by atoms with Gasteiger partial charge in [-0.2, -0.15) is 0 Å². The van der Waals surface area contributed by atoms with E-state index < -0.39 is 18.6 Å². The van der Waals surface area contributed by atoms with Crippen LogP contribution in [0.25, 0.3) is 0 Å². The van der Waals surface area contributed by atoms with Crippen molar-refractivity contribution in [1.29, 1.82) is 0 Å². The van der Waals surface area contributed by atoms with E-state index in [-0.39, 0.29) is 11.8 Å². The van der Waals surface area contributed by atoms with Crippen molar-refractivity contribution in [3.8, 4) is 0 Å². The SMILES string of the molecule is O=C(NC(CO)C(=O)N1CCOCC1)C(c1ccccc1)c1ccccc1. The van der Waals surface area contributed by atoms with Crippen molar-refractivity contribution in [2.24, 2.45) is 0 Å². The first-order valence-corrected chi connectivity index (χ1v) is 9.08. The summed E-state index contributed by atoms with van der Waals surface area (Å²) in [7, 11) is 0. The highest BCUT2D eigenvalue weighted by Gasteiger charge is 2.30. The van der Waals surface area contributed by atoms with E-state index in [1.807, 2.05) is 60.7 Å². The van der Waals surface area contributed by atoms with Gasteiger partial charge in [-0.15, -0.1) is 0 Å². The largest absolute Gasteiger partial charge is 0.394 e. The Hall–Kier alpha value is -2.70. The van der Waals surface area contributed by atoms with Gasteiger partial charge in [0, 0.05) is 13.1 Å². The lowest BCUT2D eigenvalue weighted by atomic mass is 9.90. The number of morpholine rings is 1. The second-order valence-corrected chi connectivity index (χ2v) is 6.44. The van der Waals surface area contributed by atoms with Gasteiger partial charge in [-0.25, -0.2) is 0 Å². The Bertz CT molecular complexity index is 706. The van der Waals surface area contributed by atoms with Crippen LogP contribution in [0.5, 0.6) is 0 Å². The van der Waals surface area contributed by atoms with Crippen molar-refractivity contribution in [3.05, 3.63) is 71.8 Å². The van der Waals surface area contributed by atoms with E-state index in [0.29, 0.717) is 26.3 Å². The lowest BCUT2D eigenvalue weighted by Crippen LogP contribution is -2.54. The van der Waals surface area contributed by atoms with Crippen LogP contribution in [0.1, 0.15) is 17.0 Å². The van der Waals surface area contributed by atoms with E-state index in [1.165, 1.54) is 0 Å². The molecule has 3 rings (SSSR count). The molecular formula is C21H24N2O4. The maximum absolute atomic E-state index is 13.1. The summed E-state index contributed by atoms with van der Waals surface area (Å²) in [5.41, 5.74) is 1.66. The summed E-state index contributed by atoms with van der Waals surface area (Å²) in [4.78, 5) is 27.4. The molecule has 6 heteroatoms. The lowest BCUT2D eigenvalue weighted by molar-refractivity contribution is -0.141. The number of rotatable bonds is 6. The minimum atomic E-state index is -0.967. The third-order valence-electron chi connectivity index (χ3n) is 4.65. The summed E-state index contributed by atoms with van der Waals surface area (Å²) in [5.74, 6) is -1.15. The molecule has 0 aliphatic carbocycles. The zero-order chi connectivity index (χ0) is 19.1. The standard InChI is InChI=1S/C21H24N2O4/c24-15-18(21(26)23-11-13-27-14-12-23)22-20(25)19(16-7-3-1-4-8-16)17-9-5-2-6-10-17/h1-10,18-19,24H,11-15H2,(H,22,25). The predicted molar refractivity (Wildman–Crippen MR) is 101 cm³/mol. The summed E-state index contributed by atoms with van der Waals surface area (Å²) < 4.78 is 5.25. The second-order valence-electron chi connectivity index (χ2n) is 6.44. The zero-order valence-electron chi connectivity index (χ0n) is 15.1. The van der Waals surface area contributed by atoms with Crippen molar-refractivity contribution in [2.75, 3.05) is 32.9 Å². The van der Waals surface area contributed by atoms with Crippen molar-refractivity contribution < 1.29 is 19.4 Å². The molecule has 6 nitrogen and oxygen atoms in total. The molecule has 1 aliphatic rings. The van der Waals surface area contributed by atoms with Gasteiger partial charge in [-0.1, -0.05) is 60.7 Å². The molecule has 1 aliphatic heterocycles. The number of nitrogens with zero attached hydrogens (tertiary/aromatic N) is 1. The highest BCUT2D eigenvalue weighted by atomic mass is 16.5. The Balaban J connectivity index is 1.80. The minimum absolute atomic E-state index is 0.283. The van der Waals surface area contributed by atoms with Crippen LogP contribution in [0.3, 0.4) is 0 Å². The number of hydrogen-bond donors (Lipinski definition) is 2. The zero-order valence-corrected chi connectivity index (χ0v) is 15.1. The topological polar surface area (TPSA) is 78.9 Å². The third kappa shape index (κ3) is 4.72. The Morgan fingerprint density at radius 1 is 0.963 bits per heavy atom. The maximum atomic E-state index is 13.1. The number of benzene rings is 2. The molecule has 0 aromatic heterocycles. The van der Waals surface area contributed by atoms with Crippen LogP contribution in [0.2, 0.25) is 0 Å². The van der Waals surface area contributed by atoms with Gasteiger partial charge in [0.25, 0.3) is 0 Å². The maximum Gasteiger partial charge on any atom is 0.247 e. The summed E-state index contributed by atoms with van der Waals surface area (Å²) >= 11 is 0. The van der Waals surface area contributed by atoms with Crippen molar-refractivity contribution in [2.45, 2.75) is 12.0 Å². The molecule has 0 spiro atoms. The first-order valence-electron chi connectivity index (χ1n) is 9.08. The van der Waals surface area contributed by atoms with E-state index in [1.54, 1.807) is 4.90 Å². The number of ether oxygens (including phenoxy) is 1. The molecular weight excluding hydrogens is 344 g/mol. The van der Waals surface area contributed by atoms with Crippen LogP contribution in [0.15, 0.2) is 60.7 Å². The fraction of sp³-hybridized carbons (Fsp3) is 0.333. The van der Waals surface area contributed by atoms with Gasteiger partial charge in [0.2, 0.25) is 11.8 Å². The number of carbonyl (C=O) groups excluding carboxylic acids is 2. The van der Waals surface area contributed by atoms with Gasteiger partial charge < -0.3 is 20.1 Å². The van der Waals surface area contributed by atoms with Gasteiger partial charge in [0.1, 0.15) is 6.04 Å². The van der Waals surface area contributed by atoms with Gasteiger partial charge in [0.05, 0.1) is 25.7 Å². The van der Waals surface area contributed by atoms with Crippen molar-refractivity contribution in [1.82, 2.24) is 10.2 Å². The third-order valence-corrected chi connectivity index (χ3v) is 4.65. The predicted octanol–water partition coefficient (Wildman–Crippen LogP) is 1.15. The first kappa shape index (κ1) is 19.1. The number of aliphatic hydroxyl groups is 1. The van der Waals surface area contributed by atoms with Crippen LogP contribution in [-0.4, -0.2) is 60.8 Å². The van der Waals surface area contributed by atoms with Gasteiger partial charge in [0.15, 0.2) is 0 Å². The number of amides is 2. The molecule has 1 heterocycles. The summed E-state index contributed by atoms with van der Waals surface area (Å²) in [6.07, 6.45) is 0. The molecule has 2 N–H and O–H groups in total. The van der Waals surface area contributed by atoms with Crippen molar-refractivity contribution >= 4 is 11.8 Å². The van der Waals surface area contributed by atoms with Crippen LogP contribution in [-0.2, 0) is 14.3 Å². The van der Waals surface area contributed by atoms with Gasteiger partial charge in [-0.3, -0.25) is 9.59 Å². The van der Waals surface area contributed by atoms with Crippen molar-refractivity contribution in [3.63, 3.8) is 0 Å². The number of nitrogens with one attached hydrogen (secondary N) is 1. The molecule has 1 unspecified atom stereocenters. The van der Waals surface area contributed by atoms with E-state index >= 15 is 0 Å². The molecule has 0 bridgehead atoms. The summed E-state index contributed by atoms with van der Waals surface area (Å²) in [5, 5.41) is 12.4. The molecule has 0 radical (unpaired) electrons. The highest BCUT2D eigenvalue weighted by molar-refractivity contribution is 5.92. The smallest absolute Gasteiger partial charge is 0.247 e. The fourth-order valence-corrected chi connectivity index (χ4v) is 3.23. The minimum Gasteiger partial charge on any atom is -0.394 e. The van der Waals surface area contributed by atoms with Gasteiger partial charge >= 0.3 is 0 Å². The summed E-state index contributed by atoms with van der Waals surface area (Å²) in [6.45, 7) is 1.42. The normalized spacial score (nSPS) is 15.4. The molecule has 2 aromatic rings. The molecule has 0 saturated carbocycles. The van der Waals surface area contributed by atoms with Crippen LogP contribution in [0, 0.1) is 0 Å². The first-order chi connectivity index (χ1) is 13.2. The molecule has 1 saturated heterocycles. The Kier molecular flexibility index (Phi) is 6.57. The monoisotopic (exact) mass is 368 g/mol. The number of carbonyl (C=O) groups is 2. The Labute approximate surface area is 158 Å². The highest BCUT2D eigenvalue weighted by Crippen LogP contribution is 2.25. The van der Waals surface area contributed by atoms with E-state index in [9.17, 15) is 14.7 Å². The summed E-state index contributed by atoms with van der Waals surface area (Å²) in [6, 6.07) is 17.9. The fourth-order valence-electron chi connectivity index (χ4n) is 3.23.